The minimum absolute atomic E-state index is 0.0654. The first-order chi connectivity index (χ1) is 10.1. The predicted molar refractivity (Wildman–Crippen MR) is 89.2 cm³/mol. The van der Waals surface area contributed by atoms with Crippen molar-refractivity contribution in [3.8, 4) is 0 Å². The maximum Gasteiger partial charge on any atom is 0.213 e. The van der Waals surface area contributed by atoms with Gasteiger partial charge in [-0.2, -0.15) is 0 Å². The van der Waals surface area contributed by atoms with Crippen LogP contribution in [0.5, 0.6) is 0 Å². The van der Waals surface area contributed by atoms with Gasteiger partial charge in [0.1, 0.15) is 12.4 Å². The van der Waals surface area contributed by atoms with Gasteiger partial charge in [-0.1, -0.05) is 51.1 Å². The Morgan fingerprint density at radius 1 is 1.27 bits per heavy atom. The van der Waals surface area contributed by atoms with E-state index in [-0.39, 0.29) is 16.5 Å². The van der Waals surface area contributed by atoms with E-state index >= 15 is 0 Å². The molecule has 0 aliphatic heterocycles. The molecule has 6 heteroatoms. The SMILES string of the molecule is CC(C)(C)[Si](C)(C)O[C@@H](C=O)[C@H](C[N+](=O)[O-])c1ccccc1. The summed E-state index contributed by atoms with van der Waals surface area (Å²) < 4.78 is 6.14. The van der Waals surface area contributed by atoms with Gasteiger partial charge in [-0.15, -0.1) is 0 Å². The lowest BCUT2D eigenvalue weighted by molar-refractivity contribution is -0.484. The Morgan fingerprint density at radius 3 is 2.23 bits per heavy atom. The summed E-state index contributed by atoms with van der Waals surface area (Å²) in [6.07, 6.45) is -0.0875. The summed E-state index contributed by atoms with van der Waals surface area (Å²) in [5, 5.41) is 10.9. The minimum Gasteiger partial charge on any atom is -0.406 e. The molecule has 1 rings (SSSR count). The number of hydrogen-bond donors (Lipinski definition) is 0. The Balaban J connectivity index is 3.10. The van der Waals surface area contributed by atoms with E-state index in [0.717, 1.165) is 5.56 Å². The second kappa shape index (κ2) is 7.15. The van der Waals surface area contributed by atoms with E-state index in [4.69, 9.17) is 4.43 Å². The topological polar surface area (TPSA) is 69.4 Å². The molecule has 22 heavy (non-hydrogen) atoms. The van der Waals surface area contributed by atoms with Gasteiger partial charge in [0.2, 0.25) is 6.54 Å². The molecule has 0 amide bonds. The van der Waals surface area contributed by atoms with E-state index in [0.29, 0.717) is 6.29 Å². The standard InChI is InChI=1S/C16H25NO4Si/c1-16(2,3)22(4,5)21-15(12-18)14(11-17(19)20)13-9-7-6-8-10-13/h6-10,12,14-15H,11H2,1-5H3/t14-,15+/m1/s1. The van der Waals surface area contributed by atoms with E-state index in [9.17, 15) is 14.9 Å². The molecule has 0 aliphatic carbocycles. The van der Waals surface area contributed by atoms with Crippen LogP contribution in [0.2, 0.25) is 18.1 Å². The van der Waals surface area contributed by atoms with Crippen LogP contribution in [-0.2, 0) is 9.22 Å². The summed E-state index contributed by atoms with van der Waals surface area (Å²) >= 11 is 0. The van der Waals surface area contributed by atoms with Gasteiger partial charge in [0, 0.05) is 4.92 Å². The monoisotopic (exact) mass is 323 g/mol. The van der Waals surface area contributed by atoms with Gasteiger partial charge in [-0.3, -0.25) is 10.1 Å². The summed E-state index contributed by atoms with van der Waals surface area (Å²) in [6, 6.07) is 9.09. The number of benzene rings is 1. The van der Waals surface area contributed by atoms with Crippen molar-refractivity contribution in [2.75, 3.05) is 6.54 Å². The Morgan fingerprint density at radius 2 is 1.82 bits per heavy atom. The Hall–Kier alpha value is -1.53. The lowest BCUT2D eigenvalue weighted by Gasteiger charge is -2.39. The van der Waals surface area contributed by atoms with Crippen LogP contribution in [0, 0.1) is 10.1 Å². The predicted octanol–water partition coefficient (Wildman–Crippen LogP) is 3.64. The summed E-state index contributed by atoms with van der Waals surface area (Å²) in [5.74, 6) is -0.567. The number of nitro groups is 1. The molecule has 1 aromatic carbocycles. The van der Waals surface area contributed by atoms with Crippen LogP contribution in [0.1, 0.15) is 32.3 Å². The Kier molecular flexibility index (Phi) is 6.02. The summed E-state index contributed by atoms with van der Waals surface area (Å²) in [5.41, 5.74) is 0.759. The molecular weight excluding hydrogens is 298 g/mol. The molecule has 0 aliphatic rings. The number of rotatable bonds is 7. The molecule has 0 fully saturated rings. The largest absolute Gasteiger partial charge is 0.406 e. The molecule has 0 spiro atoms. The number of aldehydes is 1. The lowest BCUT2D eigenvalue weighted by Crippen LogP contribution is -2.46. The van der Waals surface area contributed by atoms with Gasteiger partial charge >= 0.3 is 0 Å². The smallest absolute Gasteiger partial charge is 0.213 e. The van der Waals surface area contributed by atoms with Crippen molar-refractivity contribution in [2.24, 2.45) is 0 Å². The first-order valence-electron chi connectivity index (χ1n) is 7.38. The normalized spacial score (nSPS) is 15.1. The molecule has 2 atom stereocenters. The van der Waals surface area contributed by atoms with Gasteiger partial charge in [0.15, 0.2) is 8.32 Å². The van der Waals surface area contributed by atoms with Crippen LogP contribution in [0.25, 0.3) is 0 Å². The van der Waals surface area contributed by atoms with E-state index in [1.54, 1.807) is 12.1 Å². The molecule has 0 aromatic heterocycles. The van der Waals surface area contributed by atoms with Crippen LogP contribution in [0.3, 0.4) is 0 Å². The molecular formula is C16H25NO4Si. The summed E-state index contributed by atoms with van der Waals surface area (Å²) in [7, 11) is -2.19. The first-order valence-corrected chi connectivity index (χ1v) is 10.3. The van der Waals surface area contributed by atoms with E-state index in [1.807, 2.05) is 31.3 Å². The van der Waals surface area contributed by atoms with Crippen molar-refractivity contribution in [3.63, 3.8) is 0 Å². The molecule has 0 N–H and O–H groups in total. The van der Waals surface area contributed by atoms with E-state index < -0.39 is 20.3 Å². The van der Waals surface area contributed by atoms with Crippen molar-refractivity contribution in [1.82, 2.24) is 0 Å². The average Bonchev–Trinajstić information content (AvgIpc) is 2.42. The van der Waals surface area contributed by atoms with Gasteiger partial charge < -0.3 is 9.22 Å². The van der Waals surface area contributed by atoms with Gasteiger partial charge in [0.25, 0.3) is 0 Å². The van der Waals surface area contributed by atoms with E-state index in [2.05, 4.69) is 20.8 Å². The van der Waals surface area contributed by atoms with E-state index in [1.165, 1.54) is 0 Å². The third kappa shape index (κ3) is 4.74. The van der Waals surface area contributed by atoms with Gasteiger partial charge in [-0.05, 0) is 23.7 Å². The minimum atomic E-state index is -2.19. The van der Waals surface area contributed by atoms with Crippen LogP contribution in [0.4, 0.5) is 0 Å². The quantitative estimate of drug-likeness (QED) is 0.332. The number of carbonyl (C=O) groups is 1. The van der Waals surface area contributed by atoms with Crippen LogP contribution >= 0.6 is 0 Å². The molecule has 5 nitrogen and oxygen atoms in total. The second-order valence-corrected chi connectivity index (χ2v) is 11.8. The molecule has 0 saturated carbocycles. The summed E-state index contributed by atoms with van der Waals surface area (Å²) in [4.78, 5) is 22.2. The Bertz CT molecular complexity index is 511. The van der Waals surface area contributed by atoms with Crippen molar-refractivity contribution in [1.29, 1.82) is 0 Å². The molecule has 0 saturated heterocycles. The third-order valence-corrected chi connectivity index (χ3v) is 8.81. The highest BCUT2D eigenvalue weighted by Gasteiger charge is 2.42. The number of hydrogen-bond acceptors (Lipinski definition) is 4. The molecule has 1 aromatic rings. The fourth-order valence-electron chi connectivity index (χ4n) is 1.98. The highest BCUT2D eigenvalue weighted by molar-refractivity contribution is 6.74. The third-order valence-electron chi connectivity index (χ3n) is 4.34. The second-order valence-electron chi connectivity index (χ2n) is 7.01. The lowest BCUT2D eigenvalue weighted by atomic mass is 9.94. The maximum atomic E-state index is 11.6. The molecule has 0 bridgehead atoms. The summed E-state index contributed by atoms with van der Waals surface area (Å²) in [6.45, 7) is 9.99. The molecule has 0 unspecified atom stereocenters. The van der Waals surface area contributed by atoms with Crippen molar-refractivity contribution >= 4 is 14.6 Å². The zero-order valence-electron chi connectivity index (χ0n) is 13.9. The first kappa shape index (κ1) is 18.5. The molecule has 0 radical (unpaired) electrons. The maximum absolute atomic E-state index is 11.6. The van der Waals surface area contributed by atoms with Crippen molar-refractivity contribution in [3.05, 3.63) is 46.0 Å². The van der Waals surface area contributed by atoms with Crippen LogP contribution in [0.15, 0.2) is 30.3 Å². The zero-order valence-corrected chi connectivity index (χ0v) is 14.9. The van der Waals surface area contributed by atoms with Crippen molar-refractivity contribution < 1.29 is 14.1 Å². The van der Waals surface area contributed by atoms with Crippen LogP contribution in [-0.4, -0.2) is 32.2 Å². The average molecular weight is 323 g/mol. The fourth-order valence-corrected chi connectivity index (χ4v) is 3.24. The zero-order chi connectivity index (χ0) is 17.0. The highest BCUT2D eigenvalue weighted by Crippen LogP contribution is 2.38. The fraction of sp³-hybridized carbons (Fsp3) is 0.562. The number of nitrogens with zero attached hydrogens (tertiary/aromatic N) is 1. The highest BCUT2D eigenvalue weighted by atomic mass is 28.4. The Labute approximate surface area is 133 Å². The van der Waals surface area contributed by atoms with Crippen molar-refractivity contribution in [2.45, 2.75) is 50.9 Å². The molecule has 0 heterocycles. The molecule has 122 valence electrons. The van der Waals surface area contributed by atoms with Crippen LogP contribution < -0.4 is 0 Å². The van der Waals surface area contributed by atoms with Gasteiger partial charge in [-0.25, -0.2) is 0 Å². The van der Waals surface area contributed by atoms with Gasteiger partial charge in [0.05, 0.1) is 5.92 Å². The number of carbonyl (C=O) groups excluding carboxylic acids is 1.